The molecule has 2 aromatic rings. The second-order valence-electron chi connectivity index (χ2n) is 12.1. The molecule has 1 N–H and O–H groups in total. The van der Waals surface area contributed by atoms with E-state index in [4.69, 9.17) is 14.2 Å². The van der Waals surface area contributed by atoms with E-state index in [1.54, 1.807) is 0 Å². The number of ether oxygens (including phenoxy) is 3. The van der Waals surface area contributed by atoms with Gasteiger partial charge in [-0.05, 0) is 57.4 Å². The van der Waals surface area contributed by atoms with Crippen LogP contribution in [-0.4, -0.2) is 85.7 Å². The molecular weight excluding hydrogens is 520 g/mol. The molecule has 9 heteroatoms. The second kappa shape index (κ2) is 12.4. The summed E-state index contributed by atoms with van der Waals surface area (Å²) in [6, 6.07) is 12.2. The van der Waals surface area contributed by atoms with Crippen molar-refractivity contribution in [1.82, 2.24) is 20.1 Å². The lowest BCUT2D eigenvalue weighted by molar-refractivity contribution is -0.137. The van der Waals surface area contributed by atoms with E-state index in [0.717, 1.165) is 73.8 Å². The van der Waals surface area contributed by atoms with Crippen LogP contribution in [0.25, 0.3) is 0 Å². The van der Waals surface area contributed by atoms with Gasteiger partial charge in [0.05, 0.1) is 18.9 Å². The van der Waals surface area contributed by atoms with E-state index < -0.39 is 0 Å². The first-order valence-corrected chi connectivity index (χ1v) is 15.2. The number of carbonyl (C=O) groups excluding carboxylic acids is 2. The molecule has 4 bridgehead atoms. The van der Waals surface area contributed by atoms with Crippen molar-refractivity contribution in [2.24, 2.45) is 11.3 Å². The van der Waals surface area contributed by atoms with Gasteiger partial charge in [-0.1, -0.05) is 18.2 Å². The highest BCUT2D eigenvalue weighted by Gasteiger charge is 2.53. The van der Waals surface area contributed by atoms with Crippen LogP contribution in [0.5, 0.6) is 11.5 Å². The van der Waals surface area contributed by atoms with Gasteiger partial charge in [-0.25, -0.2) is 0 Å². The van der Waals surface area contributed by atoms with E-state index in [0.29, 0.717) is 52.5 Å². The van der Waals surface area contributed by atoms with Gasteiger partial charge >= 0.3 is 0 Å². The van der Waals surface area contributed by atoms with Gasteiger partial charge in [-0.3, -0.25) is 19.5 Å². The van der Waals surface area contributed by atoms with Crippen LogP contribution in [0.2, 0.25) is 0 Å². The van der Waals surface area contributed by atoms with Gasteiger partial charge in [0.15, 0.2) is 11.5 Å². The Morgan fingerprint density at radius 3 is 2.76 bits per heavy atom. The summed E-state index contributed by atoms with van der Waals surface area (Å²) in [6.07, 6.45) is 3.62. The number of benzene rings is 1. The Bertz CT molecular complexity index is 1250. The number of amides is 2. The topological polar surface area (TPSA) is 93.2 Å². The smallest absolute Gasteiger partial charge is 0.225 e. The number of likely N-dealkylation sites (tertiary alicyclic amines) is 1. The molecule has 7 rings (SSSR count). The van der Waals surface area contributed by atoms with Crippen molar-refractivity contribution < 1.29 is 23.8 Å². The first-order chi connectivity index (χ1) is 20.0. The molecule has 0 saturated carbocycles. The van der Waals surface area contributed by atoms with Crippen LogP contribution in [0.15, 0.2) is 36.4 Å². The zero-order valence-corrected chi connectivity index (χ0v) is 24.1. The summed E-state index contributed by atoms with van der Waals surface area (Å²) in [5.41, 5.74) is 2.75. The third kappa shape index (κ3) is 6.21. The molecule has 2 amide bonds. The molecule has 5 aliphatic heterocycles. The third-order valence-corrected chi connectivity index (χ3v) is 9.14. The minimum Gasteiger partial charge on any atom is -0.490 e. The normalized spacial score (nSPS) is 26.1. The van der Waals surface area contributed by atoms with Crippen molar-refractivity contribution in [2.45, 2.75) is 51.5 Å². The van der Waals surface area contributed by atoms with Crippen LogP contribution in [-0.2, 0) is 20.9 Å². The Morgan fingerprint density at radius 1 is 1.07 bits per heavy atom. The number of aryl methyl sites for hydroxylation is 1. The number of hydrogen-bond acceptors (Lipinski definition) is 7. The van der Waals surface area contributed by atoms with E-state index in [-0.39, 0.29) is 29.1 Å². The number of pyridine rings is 1. The molecule has 2 fully saturated rings. The quantitative estimate of drug-likeness (QED) is 0.614. The van der Waals surface area contributed by atoms with Gasteiger partial charge in [-0.2, -0.15) is 0 Å². The fourth-order valence-electron chi connectivity index (χ4n) is 6.92. The minimum absolute atomic E-state index is 0.00477. The predicted octanol–water partition coefficient (Wildman–Crippen LogP) is 3.30. The molecule has 220 valence electrons. The van der Waals surface area contributed by atoms with Gasteiger partial charge in [0, 0.05) is 80.9 Å². The zero-order chi connectivity index (χ0) is 28.2. The molecule has 1 spiro atoms. The highest BCUT2D eigenvalue weighted by atomic mass is 16.5. The van der Waals surface area contributed by atoms with Crippen LogP contribution in [0.4, 0.5) is 0 Å². The Hall–Kier alpha value is -3.17. The SMILES string of the molecule is Cc1cccc(CN2CCCOc3cccc4c3OC[C@@]3(CNC(=O)CCC2)CN(C(=O)C2CCOCC2)C[C@@H]43)n1. The van der Waals surface area contributed by atoms with Crippen LogP contribution in [0.3, 0.4) is 0 Å². The number of para-hydroxylation sites is 1. The van der Waals surface area contributed by atoms with Crippen molar-refractivity contribution in [2.75, 3.05) is 59.2 Å². The Balaban J connectivity index is 1.22. The first-order valence-electron chi connectivity index (χ1n) is 15.2. The molecule has 41 heavy (non-hydrogen) atoms. The molecule has 9 nitrogen and oxygen atoms in total. The van der Waals surface area contributed by atoms with E-state index in [9.17, 15) is 9.59 Å². The van der Waals surface area contributed by atoms with Crippen LogP contribution < -0.4 is 14.8 Å². The average molecular weight is 563 g/mol. The molecule has 1 aromatic carbocycles. The molecule has 0 radical (unpaired) electrons. The fraction of sp³-hybridized carbons (Fsp3) is 0.594. The summed E-state index contributed by atoms with van der Waals surface area (Å²) in [5.74, 6) is 1.88. The standard InChI is InChI=1S/C32H42N4O5/c1-23-6-2-7-25(34-23)18-35-13-4-10-29(37)33-20-32-21-36(31(38)24-11-16-39-17-12-24)19-27(32)26-8-3-9-28(30(26)41-22-32)40-15-5-14-35/h2-3,6-9,24,27H,4-5,10-22H2,1H3,(H,33,37)/t27-,32+/m0/s1. The minimum atomic E-state index is -0.373. The first kappa shape index (κ1) is 28.0. The summed E-state index contributed by atoms with van der Waals surface area (Å²) in [7, 11) is 0. The van der Waals surface area contributed by atoms with Crippen LogP contribution in [0, 0.1) is 18.3 Å². The Kier molecular flexibility index (Phi) is 8.44. The van der Waals surface area contributed by atoms with E-state index in [1.165, 1.54) is 0 Å². The lowest BCUT2D eigenvalue weighted by Crippen LogP contribution is -2.48. The number of fused-ring (bicyclic) bond motifs is 11. The van der Waals surface area contributed by atoms with E-state index in [2.05, 4.69) is 27.3 Å². The van der Waals surface area contributed by atoms with E-state index >= 15 is 0 Å². The molecule has 1 aromatic heterocycles. The second-order valence-corrected chi connectivity index (χ2v) is 12.1. The zero-order valence-electron chi connectivity index (χ0n) is 24.1. The summed E-state index contributed by atoms with van der Waals surface area (Å²) in [4.78, 5) is 35.7. The van der Waals surface area contributed by atoms with Gasteiger partial charge < -0.3 is 24.4 Å². The van der Waals surface area contributed by atoms with Gasteiger partial charge in [0.25, 0.3) is 0 Å². The maximum absolute atomic E-state index is 13.6. The molecule has 2 atom stereocenters. The maximum Gasteiger partial charge on any atom is 0.225 e. The number of nitrogens with one attached hydrogen (secondary N) is 1. The van der Waals surface area contributed by atoms with Crippen molar-refractivity contribution in [3.63, 3.8) is 0 Å². The lowest BCUT2D eigenvalue weighted by Gasteiger charge is -2.40. The lowest BCUT2D eigenvalue weighted by atomic mass is 9.73. The summed E-state index contributed by atoms with van der Waals surface area (Å²) >= 11 is 0. The molecule has 2 saturated heterocycles. The Labute approximate surface area is 242 Å². The fourth-order valence-corrected chi connectivity index (χ4v) is 6.92. The number of carbonyl (C=O) groups is 2. The van der Waals surface area contributed by atoms with Gasteiger partial charge in [-0.15, -0.1) is 0 Å². The number of hydrogen-bond donors (Lipinski definition) is 1. The van der Waals surface area contributed by atoms with Crippen molar-refractivity contribution in [3.8, 4) is 11.5 Å². The molecule has 5 aliphatic rings. The van der Waals surface area contributed by atoms with Crippen molar-refractivity contribution in [1.29, 1.82) is 0 Å². The van der Waals surface area contributed by atoms with Crippen LogP contribution in [0.1, 0.15) is 55.0 Å². The molecule has 0 unspecified atom stereocenters. The van der Waals surface area contributed by atoms with Crippen molar-refractivity contribution in [3.05, 3.63) is 53.3 Å². The summed E-state index contributed by atoms with van der Waals surface area (Å²) < 4.78 is 18.3. The maximum atomic E-state index is 13.6. The monoisotopic (exact) mass is 562 g/mol. The van der Waals surface area contributed by atoms with Crippen molar-refractivity contribution >= 4 is 11.8 Å². The van der Waals surface area contributed by atoms with Gasteiger partial charge in [0.1, 0.15) is 0 Å². The molecule has 0 aliphatic carbocycles. The summed E-state index contributed by atoms with van der Waals surface area (Å²) in [6.45, 7) is 8.41. The number of aromatic nitrogens is 1. The van der Waals surface area contributed by atoms with Crippen LogP contribution >= 0.6 is 0 Å². The number of rotatable bonds is 3. The third-order valence-electron chi connectivity index (χ3n) is 9.14. The highest BCUT2D eigenvalue weighted by molar-refractivity contribution is 5.80. The largest absolute Gasteiger partial charge is 0.490 e. The number of nitrogens with zero attached hydrogens (tertiary/aromatic N) is 3. The van der Waals surface area contributed by atoms with E-state index in [1.807, 2.05) is 36.1 Å². The van der Waals surface area contributed by atoms with Gasteiger partial charge in [0.2, 0.25) is 11.8 Å². The summed E-state index contributed by atoms with van der Waals surface area (Å²) in [5, 5.41) is 3.24. The molecular formula is C32H42N4O5. The Morgan fingerprint density at radius 2 is 1.90 bits per heavy atom. The predicted molar refractivity (Wildman–Crippen MR) is 154 cm³/mol. The molecule has 6 heterocycles. The highest BCUT2D eigenvalue weighted by Crippen LogP contribution is 2.52. The average Bonchev–Trinajstić information content (AvgIpc) is 3.38.